The van der Waals surface area contributed by atoms with Crippen molar-refractivity contribution >= 4 is 0 Å². The van der Waals surface area contributed by atoms with Crippen molar-refractivity contribution in [1.82, 2.24) is 0 Å². The first kappa shape index (κ1) is 18.8. The van der Waals surface area contributed by atoms with Gasteiger partial charge in [0.25, 0.3) is 0 Å². The van der Waals surface area contributed by atoms with Crippen LogP contribution >= 0.6 is 0 Å². The molecule has 2 aliphatic carbocycles. The Bertz CT molecular complexity index is 342. The van der Waals surface area contributed by atoms with Gasteiger partial charge in [0.2, 0.25) is 0 Å². The fraction of sp³-hybridized carbons (Fsp3) is 0.556. The van der Waals surface area contributed by atoms with Crippen molar-refractivity contribution in [3.63, 3.8) is 0 Å². The van der Waals surface area contributed by atoms with Crippen LogP contribution in [0.25, 0.3) is 0 Å². The molecule has 0 aliphatic heterocycles. The van der Waals surface area contributed by atoms with Gasteiger partial charge in [-0.15, -0.1) is 13.8 Å². The Hall–Kier alpha value is -0.157. The van der Waals surface area contributed by atoms with E-state index < -0.39 is 0 Å². The van der Waals surface area contributed by atoms with Gasteiger partial charge in [0.1, 0.15) is 0 Å². The molecule has 0 saturated heterocycles. The van der Waals surface area contributed by atoms with Crippen LogP contribution in [-0.4, -0.2) is 0 Å². The predicted octanol–water partition coefficient (Wildman–Crippen LogP) is 5.73. The summed E-state index contributed by atoms with van der Waals surface area (Å²) in [5.74, 6) is 0. The molecule has 102 valence electrons. The molecule has 0 aromatic rings. The second-order valence-electron chi connectivity index (χ2n) is 5.12. The van der Waals surface area contributed by atoms with E-state index in [1.165, 1.54) is 48.0 Å². The average molecular weight is 334 g/mol. The van der Waals surface area contributed by atoms with Crippen molar-refractivity contribution in [2.45, 2.75) is 66.2 Å². The summed E-state index contributed by atoms with van der Waals surface area (Å²) in [4.78, 5) is 0. The summed E-state index contributed by atoms with van der Waals surface area (Å²) in [6, 6.07) is 0. The zero-order chi connectivity index (χ0) is 13.4. The number of hydrogen-bond acceptors (Lipinski definition) is 0. The zero-order valence-corrected chi connectivity index (χ0v) is 15.4. The van der Waals surface area contributed by atoms with Crippen molar-refractivity contribution in [3.05, 3.63) is 46.6 Å². The molecule has 2 aliphatic rings. The monoisotopic (exact) mass is 332 g/mol. The van der Waals surface area contributed by atoms with Crippen molar-refractivity contribution in [2.75, 3.05) is 0 Å². The van der Waals surface area contributed by atoms with Crippen LogP contribution in [0.15, 0.2) is 34.4 Å². The predicted molar refractivity (Wildman–Crippen MR) is 80.1 cm³/mol. The van der Waals surface area contributed by atoms with Gasteiger partial charge in [0, 0.05) is 0 Å². The third-order valence-corrected chi connectivity index (χ3v) is 3.40. The molecule has 0 bridgehead atoms. The molecule has 0 amide bonds. The molecule has 0 radical (unpaired) electrons. The summed E-state index contributed by atoms with van der Waals surface area (Å²) in [5.41, 5.74) is 5.91. The second kappa shape index (κ2) is 10.6. The van der Waals surface area contributed by atoms with Gasteiger partial charge in [-0.3, -0.25) is 12.2 Å². The van der Waals surface area contributed by atoms with Crippen LogP contribution in [0, 0.1) is 12.2 Å². The third kappa shape index (κ3) is 6.71. The maximum Gasteiger partial charge on any atom is 2.00 e. The van der Waals surface area contributed by atoms with Crippen LogP contribution in [0.4, 0.5) is 0 Å². The molecule has 0 fully saturated rings. The van der Waals surface area contributed by atoms with E-state index in [4.69, 9.17) is 0 Å². The molecule has 2 rings (SSSR count). The van der Waals surface area contributed by atoms with Crippen LogP contribution < -0.4 is 0 Å². The normalized spacial score (nSPS) is 16.6. The van der Waals surface area contributed by atoms with E-state index in [1.807, 2.05) is 0 Å². The smallest absolute Gasteiger partial charge is 0.253 e. The first-order chi connectivity index (χ1) is 8.69. The molecule has 0 aromatic heterocycles. The second-order valence-corrected chi connectivity index (χ2v) is 5.12. The standard InChI is InChI=1S/2C9H13.Zr/c2*1-3-5-9-7-4-6-8(9)2;/h2*4H,3,5-6H2,1-2H3;/q2*-1;+2. The maximum atomic E-state index is 3.26. The van der Waals surface area contributed by atoms with Gasteiger partial charge in [0.15, 0.2) is 0 Å². The van der Waals surface area contributed by atoms with E-state index in [0.717, 1.165) is 12.8 Å². The average Bonchev–Trinajstić information content (AvgIpc) is 2.92. The SMILES string of the molecule is CCCC1=C(C)CC=[C-]1.CCCC1=C(C)CC=[C-]1.[Zr+2]. The molecule has 0 nitrogen and oxygen atoms in total. The van der Waals surface area contributed by atoms with Gasteiger partial charge in [-0.25, -0.2) is 22.3 Å². The fourth-order valence-electron chi connectivity index (χ4n) is 2.22. The summed E-state index contributed by atoms with van der Waals surface area (Å²) >= 11 is 0. The van der Waals surface area contributed by atoms with Gasteiger partial charge in [-0.05, 0) is 0 Å². The van der Waals surface area contributed by atoms with E-state index >= 15 is 0 Å². The Kier molecular flexibility index (Phi) is 10.5. The van der Waals surface area contributed by atoms with Gasteiger partial charge in [0.05, 0.1) is 0 Å². The Morgan fingerprint density at radius 3 is 1.42 bits per heavy atom. The topological polar surface area (TPSA) is 0 Å². The molecule has 19 heavy (non-hydrogen) atoms. The number of hydrogen-bond donors (Lipinski definition) is 0. The van der Waals surface area contributed by atoms with E-state index in [0.29, 0.717) is 0 Å². The Morgan fingerprint density at radius 2 is 1.21 bits per heavy atom. The van der Waals surface area contributed by atoms with E-state index in [-0.39, 0.29) is 26.2 Å². The minimum Gasteiger partial charge on any atom is -0.253 e. The first-order valence-electron chi connectivity index (χ1n) is 7.22. The quantitative estimate of drug-likeness (QED) is 0.576. The Labute approximate surface area is 138 Å². The summed E-state index contributed by atoms with van der Waals surface area (Å²) in [5, 5.41) is 0. The number of allylic oxidation sites excluding steroid dienone is 8. The van der Waals surface area contributed by atoms with E-state index in [9.17, 15) is 0 Å². The van der Waals surface area contributed by atoms with Crippen LogP contribution in [0.2, 0.25) is 0 Å². The molecule has 0 aromatic carbocycles. The van der Waals surface area contributed by atoms with Gasteiger partial charge < -0.3 is 0 Å². The number of rotatable bonds is 4. The van der Waals surface area contributed by atoms with Crippen LogP contribution in [-0.2, 0) is 26.2 Å². The third-order valence-electron chi connectivity index (χ3n) is 3.40. The van der Waals surface area contributed by atoms with E-state index in [1.54, 1.807) is 0 Å². The minimum atomic E-state index is 0. The van der Waals surface area contributed by atoms with Crippen molar-refractivity contribution < 1.29 is 26.2 Å². The molecule has 0 heterocycles. The molecular formula is C18H26Zr. The summed E-state index contributed by atoms with van der Waals surface area (Å²) in [6.07, 6.45) is 18.0. The van der Waals surface area contributed by atoms with Crippen LogP contribution in [0.5, 0.6) is 0 Å². The fourth-order valence-corrected chi connectivity index (χ4v) is 2.22. The van der Waals surface area contributed by atoms with Crippen molar-refractivity contribution in [2.24, 2.45) is 0 Å². The first-order valence-corrected chi connectivity index (χ1v) is 7.22. The molecular weight excluding hydrogens is 307 g/mol. The molecule has 0 atom stereocenters. The van der Waals surface area contributed by atoms with Crippen molar-refractivity contribution in [1.29, 1.82) is 0 Å². The summed E-state index contributed by atoms with van der Waals surface area (Å²) in [7, 11) is 0. The largest absolute Gasteiger partial charge is 2.00 e. The zero-order valence-electron chi connectivity index (χ0n) is 12.9. The summed E-state index contributed by atoms with van der Waals surface area (Å²) in [6.45, 7) is 8.81. The molecule has 1 heteroatoms. The molecule has 0 unspecified atom stereocenters. The maximum absolute atomic E-state index is 3.26. The van der Waals surface area contributed by atoms with Gasteiger partial charge >= 0.3 is 26.2 Å². The van der Waals surface area contributed by atoms with Gasteiger partial charge in [-0.2, -0.15) is 12.2 Å². The van der Waals surface area contributed by atoms with Crippen LogP contribution in [0.1, 0.15) is 66.2 Å². The van der Waals surface area contributed by atoms with Crippen LogP contribution in [0.3, 0.4) is 0 Å². The Balaban J connectivity index is 0.000000324. The van der Waals surface area contributed by atoms with Crippen molar-refractivity contribution in [3.8, 4) is 0 Å². The minimum absolute atomic E-state index is 0. The summed E-state index contributed by atoms with van der Waals surface area (Å²) < 4.78 is 0. The molecule has 0 saturated carbocycles. The molecule has 0 spiro atoms. The van der Waals surface area contributed by atoms with E-state index in [2.05, 4.69) is 52.0 Å². The Morgan fingerprint density at radius 1 is 0.842 bits per heavy atom. The molecule has 0 N–H and O–H groups in total. The van der Waals surface area contributed by atoms with Gasteiger partial charge in [-0.1, -0.05) is 52.4 Å².